The Bertz CT molecular complexity index is 1470. The van der Waals surface area contributed by atoms with Crippen LogP contribution in [0.15, 0.2) is 71.9 Å². The molecule has 1 aliphatic heterocycles. The molecule has 0 saturated carbocycles. The summed E-state index contributed by atoms with van der Waals surface area (Å²) in [7, 11) is 0. The summed E-state index contributed by atoms with van der Waals surface area (Å²) in [5.41, 5.74) is -2.71. The summed E-state index contributed by atoms with van der Waals surface area (Å²) in [6, 6.07) is 15.6. The highest BCUT2D eigenvalue weighted by atomic mass is 35.5. The molecule has 1 atom stereocenters. The lowest BCUT2D eigenvalue weighted by molar-refractivity contribution is -0.143. The Balaban J connectivity index is 1.78. The normalized spacial score (nSPS) is 17.9. The molecule has 10 heteroatoms. The minimum Gasteiger partial charge on any atom is -0.333 e. The number of fused-ring (bicyclic) bond motifs is 1. The van der Waals surface area contributed by atoms with Gasteiger partial charge in [-0.2, -0.15) is 13.2 Å². The summed E-state index contributed by atoms with van der Waals surface area (Å²) in [6.07, 6.45) is -2.21. The summed E-state index contributed by atoms with van der Waals surface area (Å²) in [5, 5.41) is 0.708. The van der Waals surface area contributed by atoms with E-state index < -0.39 is 28.8 Å². The molecule has 0 fully saturated rings. The van der Waals surface area contributed by atoms with Crippen LogP contribution in [0.25, 0.3) is 10.9 Å². The lowest BCUT2D eigenvalue weighted by atomic mass is 9.88. The van der Waals surface area contributed by atoms with E-state index in [0.717, 1.165) is 4.57 Å². The van der Waals surface area contributed by atoms with Crippen molar-refractivity contribution < 1.29 is 22.7 Å². The second-order valence-electron chi connectivity index (χ2n) is 7.93. The Hall–Kier alpha value is -3.20. The number of alkyl halides is 3. The van der Waals surface area contributed by atoms with Crippen molar-refractivity contribution in [3.05, 3.63) is 99.4 Å². The number of carbonyl (C=O) groups excluding carboxylic acids is 1. The molecule has 0 aliphatic carbocycles. The first-order valence-corrected chi connectivity index (χ1v) is 11.2. The van der Waals surface area contributed by atoms with E-state index in [1.165, 1.54) is 36.7 Å². The van der Waals surface area contributed by atoms with Crippen LogP contribution in [0.1, 0.15) is 27.3 Å². The number of aromatic nitrogens is 2. The maximum Gasteiger partial charge on any atom is 0.432 e. The standard InChI is InChI=1S/C25H16Cl2F3N3O2/c26-16-9-8-15(18(27)11-16)12-33-19-6-2-1-5-17(19)21(22(33)25(28,29)30)23(34)24(13-31-14-35-24)20-7-3-4-10-32-20/h1-11,13H,12,14H2. The van der Waals surface area contributed by atoms with Gasteiger partial charge in [0.15, 0.2) is 0 Å². The van der Waals surface area contributed by atoms with E-state index in [9.17, 15) is 18.0 Å². The predicted octanol–water partition coefficient (Wildman–Crippen LogP) is 6.55. The second-order valence-corrected chi connectivity index (χ2v) is 8.77. The first-order valence-electron chi connectivity index (χ1n) is 10.5. The van der Waals surface area contributed by atoms with Crippen LogP contribution in [0, 0.1) is 0 Å². The van der Waals surface area contributed by atoms with Crippen molar-refractivity contribution in [2.75, 3.05) is 6.73 Å². The number of hydrogen-bond acceptors (Lipinski definition) is 4. The highest BCUT2D eigenvalue weighted by molar-refractivity contribution is 6.35. The summed E-state index contributed by atoms with van der Waals surface area (Å²) >= 11 is 12.2. The zero-order valence-electron chi connectivity index (χ0n) is 17.9. The Kier molecular flexibility index (Phi) is 5.91. The van der Waals surface area contributed by atoms with Crippen LogP contribution >= 0.6 is 23.2 Å². The summed E-state index contributed by atoms with van der Waals surface area (Å²) in [4.78, 5) is 22.2. The average Bonchev–Trinajstić information content (AvgIpc) is 3.45. The molecule has 35 heavy (non-hydrogen) atoms. The number of halogens is 5. The van der Waals surface area contributed by atoms with E-state index in [0.29, 0.717) is 10.6 Å². The number of Topliss-reactive ketones (excluding diaryl/α,β-unsaturated/α-hetero) is 1. The van der Waals surface area contributed by atoms with E-state index in [1.807, 2.05) is 0 Å². The quantitative estimate of drug-likeness (QED) is 0.282. The van der Waals surface area contributed by atoms with Crippen molar-refractivity contribution in [3.63, 3.8) is 0 Å². The number of hydrogen-bond donors (Lipinski definition) is 0. The zero-order valence-corrected chi connectivity index (χ0v) is 19.4. The molecule has 0 N–H and O–H groups in total. The molecule has 0 saturated heterocycles. The van der Waals surface area contributed by atoms with Crippen LogP contribution in [0.2, 0.25) is 10.0 Å². The molecule has 178 valence electrons. The SMILES string of the molecule is O=C(c1c(C(F)(F)F)n(Cc2ccc(Cl)cc2Cl)c2ccccc12)C1(c2ccccn2)C=NCO1. The third kappa shape index (κ3) is 4.01. The van der Waals surface area contributed by atoms with Gasteiger partial charge in [-0.15, -0.1) is 0 Å². The van der Waals surface area contributed by atoms with Gasteiger partial charge >= 0.3 is 6.18 Å². The molecule has 1 aliphatic rings. The number of ketones is 1. The Morgan fingerprint density at radius 1 is 1.09 bits per heavy atom. The molecule has 4 aromatic rings. The molecule has 0 amide bonds. The predicted molar refractivity (Wildman–Crippen MR) is 127 cm³/mol. The van der Waals surface area contributed by atoms with E-state index in [-0.39, 0.29) is 34.9 Å². The highest BCUT2D eigenvalue weighted by Crippen LogP contribution is 2.43. The van der Waals surface area contributed by atoms with E-state index >= 15 is 0 Å². The fourth-order valence-electron chi connectivity index (χ4n) is 4.30. The molecular weight excluding hydrogens is 502 g/mol. The van der Waals surface area contributed by atoms with Crippen LogP contribution in [-0.4, -0.2) is 28.3 Å². The van der Waals surface area contributed by atoms with Gasteiger partial charge in [-0.05, 0) is 35.9 Å². The fraction of sp³-hybridized carbons (Fsp3) is 0.160. The number of para-hydroxylation sites is 1. The Morgan fingerprint density at radius 3 is 2.51 bits per heavy atom. The number of carbonyl (C=O) groups is 1. The third-order valence-corrected chi connectivity index (χ3v) is 6.42. The number of pyridine rings is 1. The van der Waals surface area contributed by atoms with Crippen LogP contribution in [0.4, 0.5) is 13.2 Å². The van der Waals surface area contributed by atoms with E-state index in [1.54, 1.807) is 36.4 Å². The van der Waals surface area contributed by atoms with Crippen LogP contribution in [0.5, 0.6) is 0 Å². The second kappa shape index (κ2) is 8.78. The van der Waals surface area contributed by atoms with E-state index in [2.05, 4.69) is 9.98 Å². The van der Waals surface area contributed by atoms with Gasteiger partial charge in [0.25, 0.3) is 0 Å². The van der Waals surface area contributed by atoms with Gasteiger partial charge in [-0.1, -0.05) is 53.5 Å². The average molecular weight is 518 g/mol. The molecule has 1 unspecified atom stereocenters. The molecule has 2 aromatic heterocycles. The number of rotatable bonds is 5. The Morgan fingerprint density at radius 2 is 1.86 bits per heavy atom. The van der Waals surface area contributed by atoms with Gasteiger partial charge in [0.1, 0.15) is 12.4 Å². The summed E-state index contributed by atoms with van der Waals surface area (Å²) in [6.45, 7) is -0.410. The molecule has 0 bridgehead atoms. The van der Waals surface area contributed by atoms with Gasteiger partial charge in [-0.25, -0.2) is 0 Å². The largest absolute Gasteiger partial charge is 0.432 e. The maximum absolute atomic E-state index is 14.7. The van der Waals surface area contributed by atoms with Gasteiger partial charge in [0, 0.05) is 39.9 Å². The van der Waals surface area contributed by atoms with Crippen LogP contribution in [0.3, 0.4) is 0 Å². The van der Waals surface area contributed by atoms with Gasteiger partial charge in [-0.3, -0.25) is 14.8 Å². The zero-order chi connectivity index (χ0) is 24.8. The summed E-state index contributed by atoms with van der Waals surface area (Å²) < 4.78 is 50.7. The van der Waals surface area contributed by atoms with Crippen molar-refractivity contribution >= 4 is 46.1 Å². The molecule has 5 rings (SSSR count). The molecular formula is C25H16Cl2F3N3O2. The van der Waals surface area contributed by atoms with Crippen molar-refractivity contribution in [2.24, 2.45) is 4.99 Å². The minimum atomic E-state index is -4.87. The molecule has 2 aromatic carbocycles. The van der Waals surface area contributed by atoms with Crippen molar-refractivity contribution in [2.45, 2.75) is 18.3 Å². The van der Waals surface area contributed by atoms with E-state index in [4.69, 9.17) is 27.9 Å². The van der Waals surface area contributed by atoms with Gasteiger partial charge < -0.3 is 9.30 Å². The molecule has 3 heterocycles. The van der Waals surface area contributed by atoms with Crippen LogP contribution in [-0.2, 0) is 23.1 Å². The van der Waals surface area contributed by atoms with Crippen LogP contribution < -0.4 is 0 Å². The smallest absolute Gasteiger partial charge is 0.333 e. The topological polar surface area (TPSA) is 56.5 Å². The summed E-state index contributed by atoms with van der Waals surface area (Å²) in [5.74, 6) is -0.901. The fourth-order valence-corrected chi connectivity index (χ4v) is 4.77. The molecule has 5 nitrogen and oxygen atoms in total. The van der Waals surface area contributed by atoms with Crippen molar-refractivity contribution in [3.8, 4) is 0 Å². The molecule has 0 spiro atoms. The highest BCUT2D eigenvalue weighted by Gasteiger charge is 2.50. The Labute approximate surface area is 207 Å². The lowest BCUT2D eigenvalue weighted by Crippen LogP contribution is -2.39. The number of benzene rings is 2. The number of ether oxygens (including phenoxy) is 1. The first-order chi connectivity index (χ1) is 16.7. The number of aliphatic imine (C=N–C) groups is 1. The van der Waals surface area contributed by atoms with Crippen molar-refractivity contribution in [1.29, 1.82) is 0 Å². The number of nitrogens with zero attached hydrogens (tertiary/aromatic N) is 3. The van der Waals surface area contributed by atoms with Gasteiger partial charge in [0.2, 0.25) is 11.4 Å². The third-order valence-electron chi connectivity index (χ3n) is 5.83. The monoisotopic (exact) mass is 517 g/mol. The molecule has 0 radical (unpaired) electrons. The maximum atomic E-state index is 14.7. The lowest BCUT2D eigenvalue weighted by Gasteiger charge is -2.24. The van der Waals surface area contributed by atoms with Crippen molar-refractivity contribution in [1.82, 2.24) is 9.55 Å². The first kappa shape index (κ1) is 23.5. The van der Waals surface area contributed by atoms with Gasteiger partial charge in [0.05, 0.1) is 11.3 Å². The minimum absolute atomic E-state index is 0.133.